The van der Waals surface area contributed by atoms with Gasteiger partial charge in [0.15, 0.2) is 0 Å². The average molecular weight is 519 g/mol. The minimum absolute atomic E-state index is 0. The van der Waals surface area contributed by atoms with Gasteiger partial charge in [-0.25, -0.2) is 8.42 Å². The normalized spacial score (nSPS) is 17.1. The van der Waals surface area contributed by atoms with E-state index < -0.39 is 10.0 Å². The first kappa shape index (κ1) is 25.0. The molecule has 1 fully saturated rings. The first-order valence-electron chi connectivity index (χ1n) is 11.3. The summed E-state index contributed by atoms with van der Waals surface area (Å²) in [7, 11) is -3.57. The molecule has 1 saturated heterocycles. The smallest absolute Gasteiger partial charge is 0.243 e. The average Bonchev–Trinajstić information content (AvgIpc) is 3.47. The molecule has 180 valence electrons. The standard InChI is InChI=1S/C26H27ClN2O3S.ClH/c27-23-5-3-4-21(16-23)7-6-20-8-10-25(11-9-20)33(30,31)29-15-12-26-22(18-29)17-24(32-26)19-28-13-1-2-14-28;/h3-11,16-17H,1-2,12-15,18-19H2;1H. The van der Waals surface area contributed by atoms with E-state index in [2.05, 4.69) is 4.90 Å². The van der Waals surface area contributed by atoms with Gasteiger partial charge >= 0.3 is 0 Å². The molecule has 0 spiro atoms. The van der Waals surface area contributed by atoms with E-state index in [4.69, 9.17) is 16.0 Å². The maximum atomic E-state index is 13.3. The Labute approximate surface area is 212 Å². The number of nitrogens with zero attached hydrogens (tertiary/aromatic N) is 2. The molecule has 0 radical (unpaired) electrons. The van der Waals surface area contributed by atoms with E-state index in [1.54, 1.807) is 16.4 Å². The zero-order chi connectivity index (χ0) is 22.8. The SMILES string of the molecule is Cl.O=S(=O)(c1ccc(C=Cc2cccc(Cl)c2)cc1)N1CCc2oc(CN3CCCC3)cc2C1. The van der Waals surface area contributed by atoms with Crippen LogP contribution in [0.25, 0.3) is 12.2 Å². The van der Waals surface area contributed by atoms with Gasteiger partial charge in [0.2, 0.25) is 10.0 Å². The third-order valence-corrected chi connectivity index (χ3v) is 8.39. The van der Waals surface area contributed by atoms with Crippen LogP contribution in [0.2, 0.25) is 5.02 Å². The van der Waals surface area contributed by atoms with Crippen LogP contribution in [-0.2, 0) is 29.5 Å². The molecule has 3 aromatic rings. The quantitative estimate of drug-likeness (QED) is 0.383. The summed E-state index contributed by atoms with van der Waals surface area (Å²) in [5, 5.41) is 0.684. The summed E-state index contributed by atoms with van der Waals surface area (Å²) < 4.78 is 34.1. The van der Waals surface area contributed by atoms with E-state index in [1.165, 1.54) is 12.8 Å². The van der Waals surface area contributed by atoms with Gasteiger partial charge in [-0.2, -0.15) is 4.31 Å². The molecule has 5 nitrogen and oxygen atoms in total. The topological polar surface area (TPSA) is 53.8 Å². The van der Waals surface area contributed by atoms with Crippen molar-refractivity contribution < 1.29 is 12.8 Å². The van der Waals surface area contributed by atoms with Crippen LogP contribution in [0.5, 0.6) is 0 Å². The predicted octanol–water partition coefficient (Wildman–Crippen LogP) is 5.87. The second kappa shape index (κ2) is 10.7. The van der Waals surface area contributed by atoms with Crippen molar-refractivity contribution in [2.24, 2.45) is 0 Å². The molecule has 0 aliphatic carbocycles. The lowest BCUT2D eigenvalue weighted by molar-refractivity contribution is 0.288. The molecule has 34 heavy (non-hydrogen) atoms. The molecule has 3 heterocycles. The number of rotatable bonds is 6. The van der Waals surface area contributed by atoms with Crippen LogP contribution < -0.4 is 0 Å². The molecule has 5 rings (SSSR count). The van der Waals surface area contributed by atoms with E-state index >= 15 is 0 Å². The van der Waals surface area contributed by atoms with Crippen LogP contribution in [0.1, 0.15) is 41.1 Å². The Balaban J connectivity index is 0.00000274. The van der Waals surface area contributed by atoms with E-state index in [0.717, 1.165) is 47.8 Å². The number of fused-ring (bicyclic) bond motifs is 1. The summed E-state index contributed by atoms with van der Waals surface area (Å²) in [4.78, 5) is 2.70. The number of hydrogen-bond donors (Lipinski definition) is 0. The summed E-state index contributed by atoms with van der Waals surface area (Å²) in [6.07, 6.45) is 6.99. The number of furan rings is 1. The second-order valence-corrected chi connectivity index (χ2v) is 11.1. The van der Waals surface area contributed by atoms with Crippen molar-refractivity contribution >= 4 is 46.2 Å². The molecule has 0 atom stereocenters. The van der Waals surface area contributed by atoms with E-state index in [9.17, 15) is 8.42 Å². The minimum Gasteiger partial charge on any atom is -0.464 e. The maximum absolute atomic E-state index is 13.3. The Morgan fingerprint density at radius 2 is 1.68 bits per heavy atom. The van der Waals surface area contributed by atoms with Crippen molar-refractivity contribution in [3.63, 3.8) is 0 Å². The molecule has 0 unspecified atom stereocenters. The number of likely N-dealkylation sites (tertiary alicyclic amines) is 1. The fourth-order valence-electron chi connectivity index (χ4n) is 4.52. The fraction of sp³-hybridized carbons (Fsp3) is 0.308. The Morgan fingerprint density at radius 3 is 2.41 bits per heavy atom. The van der Waals surface area contributed by atoms with E-state index in [0.29, 0.717) is 29.4 Å². The van der Waals surface area contributed by atoms with Crippen LogP contribution in [0.3, 0.4) is 0 Å². The first-order valence-corrected chi connectivity index (χ1v) is 13.2. The molecule has 2 aliphatic rings. The van der Waals surface area contributed by atoms with Crippen molar-refractivity contribution in [3.05, 3.63) is 87.8 Å². The van der Waals surface area contributed by atoms with Gasteiger partial charge < -0.3 is 4.42 Å². The third kappa shape index (κ3) is 5.58. The Hall–Kier alpha value is -2.09. The van der Waals surface area contributed by atoms with Crippen molar-refractivity contribution in [3.8, 4) is 0 Å². The van der Waals surface area contributed by atoms with Crippen molar-refractivity contribution in [2.45, 2.75) is 37.2 Å². The Morgan fingerprint density at radius 1 is 0.941 bits per heavy atom. The van der Waals surface area contributed by atoms with Gasteiger partial charge in [0, 0.05) is 30.1 Å². The van der Waals surface area contributed by atoms with Crippen LogP contribution in [0, 0.1) is 0 Å². The summed E-state index contributed by atoms with van der Waals surface area (Å²) >= 11 is 6.03. The molecule has 0 N–H and O–H groups in total. The van der Waals surface area contributed by atoms with Gasteiger partial charge in [-0.3, -0.25) is 4.90 Å². The zero-order valence-electron chi connectivity index (χ0n) is 18.8. The molecule has 0 bridgehead atoms. The first-order chi connectivity index (χ1) is 16.0. The molecule has 2 aliphatic heterocycles. The van der Waals surface area contributed by atoms with Gasteiger partial charge in [-0.1, -0.05) is 48.0 Å². The van der Waals surface area contributed by atoms with Crippen molar-refractivity contribution in [1.29, 1.82) is 0 Å². The molecule has 8 heteroatoms. The van der Waals surface area contributed by atoms with Gasteiger partial charge in [-0.05, 0) is 67.4 Å². The summed E-state index contributed by atoms with van der Waals surface area (Å²) in [5.74, 6) is 1.87. The van der Waals surface area contributed by atoms with Crippen LogP contribution >= 0.6 is 24.0 Å². The van der Waals surface area contributed by atoms with Crippen molar-refractivity contribution in [2.75, 3.05) is 19.6 Å². The highest BCUT2D eigenvalue weighted by atomic mass is 35.5. The maximum Gasteiger partial charge on any atom is 0.243 e. The van der Waals surface area contributed by atoms with Gasteiger partial charge in [-0.15, -0.1) is 12.4 Å². The predicted molar refractivity (Wildman–Crippen MR) is 139 cm³/mol. The number of sulfonamides is 1. The number of hydrogen-bond acceptors (Lipinski definition) is 4. The molecule has 2 aromatic carbocycles. The lowest BCUT2D eigenvalue weighted by Crippen LogP contribution is -2.35. The number of benzene rings is 2. The van der Waals surface area contributed by atoms with Gasteiger partial charge in [0.05, 0.1) is 11.4 Å². The zero-order valence-corrected chi connectivity index (χ0v) is 21.2. The minimum atomic E-state index is -3.57. The Bertz CT molecular complexity index is 1260. The largest absolute Gasteiger partial charge is 0.464 e. The highest BCUT2D eigenvalue weighted by molar-refractivity contribution is 7.89. The third-order valence-electron chi connectivity index (χ3n) is 6.30. The summed E-state index contributed by atoms with van der Waals surface area (Å²) in [6, 6.07) is 16.6. The van der Waals surface area contributed by atoms with Crippen LogP contribution in [0.15, 0.2) is 63.9 Å². The van der Waals surface area contributed by atoms with E-state index in [-0.39, 0.29) is 12.4 Å². The molecular formula is C26H28Cl2N2O3S. The Kier molecular flexibility index (Phi) is 7.85. The van der Waals surface area contributed by atoms with Gasteiger partial charge in [0.1, 0.15) is 11.5 Å². The van der Waals surface area contributed by atoms with Gasteiger partial charge in [0.25, 0.3) is 0 Å². The highest BCUT2D eigenvalue weighted by Crippen LogP contribution is 2.28. The van der Waals surface area contributed by atoms with Crippen LogP contribution in [0.4, 0.5) is 0 Å². The molecule has 0 saturated carbocycles. The summed E-state index contributed by atoms with van der Waals surface area (Å²) in [6.45, 7) is 3.82. The lowest BCUT2D eigenvalue weighted by atomic mass is 10.1. The van der Waals surface area contributed by atoms with E-state index in [1.807, 2.05) is 54.6 Å². The summed E-state index contributed by atoms with van der Waals surface area (Å²) in [5.41, 5.74) is 2.91. The fourth-order valence-corrected chi connectivity index (χ4v) is 6.13. The monoisotopic (exact) mass is 518 g/mol. The second-order valence-electron chi connectivity index (χ2n) is 8.69. The highest BCUT2D eigenvalue weighted by Gasteiger charge is 2.30. The molecular weight excluding hydrogens is 491 g/mol. The van der Waals surface area contributed by atoms with Crippen LogP contribution in [-0.4, -0.2) is 37.3 Å². The molecule has 0 amide bonds. The number of halogens is 2. The molecule has 1 aromatic heterocycles. The van der Waals surface area contributed by atoms with Crippen molar-refractivity contribution in [1.82, 2.24) is 9.21 Å². The lowest BCUT2D eigenvalue weighted by Gasteiger charge is -2.25.